The van der Waals surface area contributed by atoms with Gasteiger partial charge in [-0.1, -0.05) is 12.8 Å². The molecule has 0 unspecified atom stereocenters. The predicted molar refractivity (Wildman–Crippen MR) is 110 cm³/mol. The Labute approximate surface area is 180 Å². The standard InChI is InChI=1S/C20H31N3O8/c1-2-3-4-7-14-30-16(25)9-11-22-18(27)21-19(28)23(20(22)29)12-10-17(26)31-15-8-5-6-13-24/h1,24H,2-15H2,(H,21,27,28). The maximum absolute atomic E-state index is 12.5. The van der Waals surface area contributed by atoms with Gasteiger partial charge in [0.15, 0.2) is 0 Å². The molecule has 0 amide bonds. The van der Waals surface area contributed by atoms with Gasteiger partial charge in [-0.05, 0) is 39.0 Å². The van der Waals surface area contributed by atoms with Crippen LogP contribution in [0.25, 0.3) is 0 Å². The highest BCUT2D eigenvalue weighted by Crippen LogP contribution is 2.00. The van der Waals surface area contributed by atoms with Crippen molar-refractivity contribution in [2.75, 3.05) is 19.8 Å². The first-order chi connectivity index (χ1) is 14.9. The van der Waals surface area contributed by atoms with Gasteiger partial charge < -0.3 is 14.6 Å². The molecule has 0 spiro atoms. The van der Waals surface area contributed by atoms with Crippen LogP contribution in [0.1, 0.15) is 57.8 Å². The Morgan fingerprint density at radius 2 is 1.29 bits per heavy atom. The molecule has 1 heterocycles. The summed E-state index contributed by atoms with van der Waals surface area (Å²) in [6, 6.07) is 0. The number of hydrogen-bond acceptors (Lipinski definition) is 8. The molecule has 0 aliphatic heterocycles. The summed E-state index contributed by atoms with van der Waals surface area (Å²) in [6.45, 7) is 5.33. The lowest BCUT2D eigenvalue weighted by atomic mass is 10.2. The molecule has 1 aromatic rings. The number of aliphatic hydroxyl groups excluding tert-OH is 1. The summed E-state index contributed by atoms with van der Waals surface area (Å²) in [5, 5.41) is 8.69. The third kappa shape index (κ3) is 10.3. The minimum Gasteiger partial charge on any atom is -0.466 e. The molecule has 1 rings (SSSR count). The third-order valence-electron chi connectivity index (χ3n) is 4.42. The molecule has 11 nitrogen and oxygen atoms in total. The zero-order chi connectivity index (χ0) is 23.1. The van der Waals surface area contributed by atoms with Gasteiger partial charge in [0.25, 0.3) is 0 Å². The summed E-state index contributed by atoms with van der Waals surface area (Å²) >= 11 is 0. The number of aromatic nitrogens is 3. The molecule has 0 aliphatic carbocycles. The van der Waals surface area contributed by atoms with Gasteiger partial charge >= 0.3 is 29.0 Å². The van der Waals surface area contributed by atoms with Gasteiger partial charge in [0, 0.05) is 19.7 Å². The van der Waals surface area contributed by atoms with Crippen molar-refractivity contribution >= 4 is 11.9 Å². The average Bonchev–Trinajstić information content (AvgIpc) is 2.73. The van der Waals surface area contributed by atoms with E-state index in [1.54, 1.807) is 0 Å². The number of H-pyrrole nitrogens is 1. The molecule has 0 saturated heterocycles. The van der Waals surface area contributed by atoms with Crippen LogP contribution in [0.15, 0.2) is 14.4 Å². The fourth-order valence-electron chi connectivity index (χ4n) is 2.68. The summed E-state index contributed by atoms with van der Waals surface area (Å²) in [7, 11) is 0. The molecular formula is C20H31N3O8. The summed E-state index contributed by atoms with van der Waals surface area (Å²) in [6.07, 6.45) is 4.39. The second-order valence-electron chi connectivity index (χ2n) is 6.90. The van der Waals surface area contributed by atoms with Gasteiger partial charge in [-0.15, -0.1) is 0 Å². The molecule has 11 heteroatoms. The number of nitrogens with zero attached hydrogens (tertiary/aromatic N) is 2. The fourth-order valence-corrected chi connectivity index (χ4v) is 2.68. The topological polar surface area (TPSA) is 150 Å². The van der Waals surface area contributed by atoms with Gasteiger partial charge in [0.1, 0.15) is 0 Å². The van der Waals surface area contributed by atoms with Crippen LogP contribution in [0.4, 0.5) is 0 Å². The molecule has 174 valence electrons. The first-order valence-electron chi connectivity index (χ1n) is 10.5. The lowest BCUT2D eigenvalue weighted by molar-refractivity contribution is -0.144. The van der Waals surface area contributed by atoms with Crippen molar-refractivity contribution in [1.82, 2.24) is 14.1 Å². The molecule has 2 radical (unpaired) electrons. The second kappa shape index (κ2) is 15.2. The smallest absolute Gasteiger partial charge is 0.336 e. The summed E-state index contributed by atoms with van der Waals surface area (Å²) < 4.78 is 11.5. The fraction of sp³-hybridized carbons (Fsp3) is 0.700. The van der Waals surface area contributed by atoms with E-state index in [0.29, 0.717) is 36.7 Å². The van der Waals surface area contributed by atoms with Crippen LogP contribution in [0.5, 0.6) is 0 Å². The maximum atomic E-state index is 12.5. The minimum absolute atomic E-state index is 0.0713. The number of rotatable bonds is 16. The number of ether oxygens (including phenoxy) is 2. The Hall–Kier alpha value is -2.69. The van der Waals surface area contributed by atoms with Crippen LogP contribution in [-0.4, -0.2) is 51.0 Å². The van der Waals surface area contributed by atoms with Gasteiger partial charge in [0.2, 0.25) is 0 Å². The van der Waals surface area contributed by atoms with Gasteiger partial charge in [-0.2, -0.15) is 0 Å². The Kier molecular flexibility index (Phi) is 12.9. The minimum atomic E-state index is -0.940. The quantitative estimate of drug-likeness (QED) is 0.269. The maximum Gasteiger partial charge on any atom is 0.336 e. The van der Waals surface area contributed by atoms with Crippen molar-refractivity contribution in [2.24, 2.45) is 0 Å². The molecule has 0 aromatic carbocycles. The van der Waals surface area contributed by atoms with Crippen LogP contribution in [0, 0.1) is 6.92 Å². The van der Waals surface area contributed by atoms with Crippen LogP contribution in [-0.2, 0) is 32.2 Å². The number of carbonyl (C=O) groups is 2. The van der Waals surface area contributed by atoms with Gasteiger partial charge in [-0.25, -0.2) is 23.5 Å². The number of aliphatic hydroxyl groups is 1. The lowest BCUT2D eigenvalue weighted by Gasteiger charge is -2.09. The highest BCUT2D eigenvalue weighted by Gasteiger charge is 2.13. The van der Waals surface area contributed by atoms with Crippen LogP contribution >= 0.6 is 0 Å². The molecule has 1 aromatic heterocycles. The largest absolute Gasteiger partial charge is 0.466 e. The first kappa shape index (κ1) is 26.3. The Bertz CT molecular complexity index is 790. The van der Waals surface area contributed by atoms with Crippen LogP contribution in [0.3, 0.4) is 0 Å². The molecule has 0 aliphatic rings. The van der Waals surface area contributed by atoms with Crippen molar-refractivity contribution in [3.8, 4) is 0 Å². The van der Waals surface area contributed by atoms with Crippen molar-refractivity contribution in [2.45, 2.75) is 70.9 Å². The van der Waals surface area contributed by atoms with E-state index in [1.807, 2.05) is 4.98 Å². The molecule has 2 N–H and O–H groups in total. The molecule has 0 bridgehead atoms. The van der Waals surface area contributed by atoms with Crippen molar-refractivity contribution in [1.29, 1.82) is 0 Å². The second-order valence-corrected chi connectivity index (χ2v) is 6.90. The van der Waals surface area contributed by atoms with Crippen molar-refractivity contribution in [3.05, 3.63) is 38.4 Å². The van der Waals surface area contributed by atoms with E-state index in [0.717, 1.165) is 17.4 Å². The van der Waals surface area contributed by atoms with Crippen LogP contribution in [0.2, 0.25) is 0 Å². The number of nitrogens with one attached hydrogen (secondary N) is 1. The number of carbonyl (C=O) groups excluding carboxylic acids is 2. The van der Waals surface area contributed by atoms with E-state index >= 15 is 0 Å². The Morgan fingerprint density at radius 1 is 0.806 bits per heavy atom. The Balaban J connectivity index is 2.59. The number of aromatic amines is 1. The van der Waals surface area contributed by atoms with Crippen LogP contribution < -0.4 is 17.1 Å². The first-order valence-corrected chi connectivity index (χ1v) is 10.5. The van der Waals surface area contributed by atoms with E-state index in [2.05, 4.69) is 0 Å². The highest BCUT2D eigenvalue weighted by molar-refractivity contribution is 5.69. The van der Waals surface area contributed by atoms with Crippen molar-refractivity contribution in [3.63, 3.8) is 0 Å². The summed E-state index contributed by atoms with van der Waals surface area (Å²) in [5.41, 5.74) is -2.79. The lowest BCUT2D eigenvalue weighted by Crippen LogP contribution is -2.49. The summed E-state index contributed by atoms with van der Waals surface area (Å²) in [4.78, 5) is 61.9. The van der Waals surface area contributed by atoms with E-state index < -0.39 is 29.0 Å². The third-order valence-corrected chi connectivity index (χ3v) is 4.42. The SMILES string of the molecule is [CH]CCCCCOC(=O)CCn1c(=O)[nH]c(=O)n(CCC(=O)OCCCCCO)c1=O. The molecule has 0 saturated carbocycles. The molecule has 0 fully saturated rings. The van der Waals surface area contributed by atoms with E-state index in [1.165, 1.54) is 0 Å². The predicted octanol–water partition coefficient (Wildman–Crippen LogP) is -0.00101. The monoisotopic (exact) mass is 441 g/mol. The zero-order valence-corrected chi connectivity index (χ0v) is 17.7. The van der Waals surface area contributed by atoms with E-state index in [4.69, 9.17) is 21.5 Å². The highest BCUT2D eigenvalue weighted by atomic mass is 16.5. The molecule has 0 atom stereocenters. The summed E-state index contributed by atoms with van der Waals surface area (Å²) in [5.74, 6) is -1.16. The molecular weight excluding hydrogens is 410 g/mol. The number of unbranched alkanes of at least 4 members (excludes halogenated alkanes) is 5. The zero-order valence-electron chi connectivity index (χ0n) is 17.7. The Morgan fingerprint density at radius 3 is 1.74 bits per heavy atom. The normalized spacial score (nSPS) is 10.8. The number of esters is 2. The van der Waals surface area contributed by atoms with E-state index in [9.17, 15) is 24.0 Å². The number of hydrogen-bond donors (Lipinski definition) is 2. The van der Waals surface area contributed by atoms with Gasteiger partial charge in [0.05, 0.1) is 26.1 Å². The average molecular weight is 441 g/mol. The van der Waals surface area contributed by atoms with Crippen molar-refractivity contribution < 1.29 is 24.2 Å². The van der Waals surface area contributed by atoms with Gasteiger partial charge in [-0.3, -0.25) is 14.6 Å². The van der Waals surface area contributed by atoms with E-state index in [-0.39, 0.29) is 45.8 Å². The molecule has 31 heavy (non-hydrogen) atoms.